The number of nitrogens with one attached hydrogen (secondary N) is 1. The molecule has 5 rings (SSSR count). The van der Waals surface area contributed by atoms with Crippen LogP contribution in [0.5, 0.6) is 0 Å². The van der Waals surface area contributed by atoms with Crippen molar-refractivity contribution in [3.63, 3.8) is 0 Å². The normalized spacial score (nSPS) is 15.4. The molecule has 0 unspecified atom stereocenters. The van der Waals surface area contributed by atoms with Crippen molar-refractivity contribution in [1.29, 1.82) is 0 Å². The maximum atomic E-state index is 13.0. The van der Waals surface area contributed by atoms with Crippen molar-refractivity contribution in [1.82, 2.24) is 29.4 Å². The third-order valence-electron chi connectivity index (χ3n) is 5.74. The Kier molecular flexibility index (Phi) is 4.72. The third kappa shape index (κ3) is 3.62. The number of likely N-dealkylation sites (tertiary alicyclic amines) is 1. The van der Waals surface area contributed by atoms with Gasteiger partial charge in [0, 0.05) is 25.6 Å². The first-order valence-electron chi connectivity index (χ1n) is 10.1. The first kappa shape index (κ1) is 21.1. The SMILES string of the molecule is CC(=O)N1CC(O)(c2ccnc(-n3cc(S(=O)(=O)Nc4cccc5cnn(C)c45)cn3)c2)C1. The van der Waals surface area contributed by atoms with E-state index in [1.807, 2.05) is 6.07 Å². The van der Waals surface area contributed by atoms with E-state index in [9.17, 15) is 18.3 Å². The maximum absolute atomic E-state index is 13.0. The van der Waals surface area contributed by atoms with Crippen LogP contribution in [0, 0.1) is 0 Å². The minimum Gasteiger partial charge on any atom is -0.381 e. The number of amides is 1. The van der Waals surface area contributed by atoms with E-state index < -0.39 is 15.6 Å². The summed E-state index contributed by atoms with van der Waals surface area (Å²) in [7, 11) is -2.19. The van der Waals surface area contributed by atoms with Crippen molar-refractivity contribution < 1.29 is 18.3 Å². The van der Waals surface area contributed by atoms with Crippen LogP contribution in [0.15, 0.2) is 60.0 Å². The average Bonchev–Trinajstić information content (AvgIpc) is 3.40. The summed E-state index contributed by atoms with van der Waals surface area (Å²) >= 11 is 0. The highest BCUT2D eigenvalue weighted by Gasteiger charge is 2.44. The quantitative estimate of drug-likeness (QED) is 0.447. The predicted molar refractivity (Wildman–Crippen MR) is 119 cm³/mol. The van der Waals surface area contributed by atoms with Crippen molar-refractivity contribution in [2.45, 2.75) is 17.4 Å². The van der Waals surface area contributed by atoms with Crippen LogP contribution in [0.1, 0.15) is 12.5 Å². The molecule has 0 radical (unpaired) electrons. The van der Waals surface area contributed by atoms with E-state index in [2.05, 4.69) is 19.9 Å². The molecule has 0 saturated carbocycles. The zero-order valence-corrected chi connectivity index (χ0v) is 18.7. The van der Waals surface area contributed by atoms with Gasteiger partial charge in [0.15, 0.2) is 5.82 Å². The van der Waals surface area contributed by atoms with E-state index >= 15 is 0 Å². The molecule has 3 aromatic heterocycles. The van der Waals surface area contributed by atoms with Gasteiger partial charge in [0.05, 0.1) is 42.9 Å². The number of benzene rings is 1. The fourth-order valence-corrected chi connectivity index (χ4v) is 4.91. The number of aryl methyl sites for hydroxylation is 1. The molecule has 2 N–H and O–H groups in total. The van der Waals surface area contributed by atoms with Crippen LogP contribution in [-0.4, -0.2) is 62.0 Å². The second-order valence-electron chi connectivity index (χ2n) is 8.05. The number of aliphatic hydroxyl groups is 1. The number of para-hydroxylation sites is 1. The zero-order valence-electron chi connectivity index (χ0n) is 17.9. The highest BCUT2D eigenvalue weighted by molar-refractivity contribution is 7.92. The number of sulfonamides is 1. The lowest BCUT2D eigenvalue weighted by Crippen LogP contribution is -2.60. The van der Waals surface area contributed by atoms with Gasteiger partial charge >= 0.3 is 0 Å². The number of hydrogen-bond acceptors (Lipinski definition) is 7. The second kappa shape index (κ2) is 7.39. The number of hydrogen-bond donors (Lipinski definition) is 2. The molecule has 0 bridgehead atoms. The lowest BCUT2D eigenvalue weighted by atomic mass is 9.86. The molecule has 0 atom stereocenters. The van der Waals surface area contributed by atoms with E-state index in [-0.39, 0.29) is 23.9 Å². The lowest BCUT2D eigenvalue weighted by Gasteiger charge is -2.46. The van der Waals surface area contributed by atoms with Crippen molar-refractivity contribution in [2.24, 2.45) is 7.05 Å². The lowest BCUT2D eigenvalue weighted by molar-refractivity contribution is -0.154. The molecule has 33 heavy (non-hydrogen) atoms. The molecule has 1 fully saturated rings. The van der Waals surface area contributed by atoms with Gasteiger partial charge < -0.3 is 10.0 Å². The number of carbonyl (C=O) groups excluding carboxylic acids is 1. The first-order valence-corrected chi connectivity index (χ1v) is 11.6. The van der Waals surface area contributed by atoms with Crippen LogP contribution in [0.3, 0.4) is 0 Å². The number of fused-ring (bicyclic) bond motifs is 1. The molecule has 170 valence electrons. The molecule has 11 nitrogen and oxygen atoms in total. The number of carbonyl (C=O) groups is 1. The van der Waals surface area contributed by atoms with Crippen LogP contribution in [0.25, 0.3) is 16.7 Å². The molecule has 12 heteroatoms. The molecule has 4 aromatic rings. The summed E-state index contributed by atoms with van der Waals surface area (Å²) in [5, 5.41) is 19.9. The Bertz CT molecular complexity index is 1490. The number of pyridine rings is 1. The van der Waals surface area contributed by atoms with Gasteiger partial charge in [-0.3, -0.25) is 14.2 Å². The van der Waals surface area contributed by atoms with Gasteiger partial charge in [0.1, 0.15) is 10.5 Å². The number of anilines is 1. The molecule has 4 heterocycles. The van der Waals surface area contributed by atoms with Crippen LogP contribution >= 0.6 is 0 Å². The van der Waals surface area contributed by atoms with Gasteiger partial charge in [0.2, 0.25) is 5.91 Å². The fourth-order valence-electron chi connectivity index (χ4n) is 3.91. The van der Waals surface area contributed by atoms with E-state index in [1.54, 1.807) is 42.2 Å². The molecule has 1 amide bonds. The van der Waals surface area contributed by atoms with Gasteiger partial charge in [-0.15, -0.1) is 0 Å². The molecule has 1 aromatic carbocycles. The van der Waals surface area contributed by atoms with Crippen LogP contribution in [-0.2, 0) is 27.5 Å². The number of rotatable bonds is 5. The summed E-state index contributed by atoms with van der Waals surface area (Å²) in [5.41, 5.74) is 0.471. The van der Waals surface area contributed by atoms with E-state index in [0.29, 0.717) is 22.6 Å². The van der Waals surface area contributed by atoms with E-state index in [1.165, 1.54) is 35.1 Å². The van der Waals surface area contributed by atoms with Crippen molar-refractivity contribution in [2.75, 3.05) is 17.8 Å². The monoisotopic (exact) mass is 467 g/mol. The Labute approximate surface area is 189 Å². The minimum absolute atomic E-state index is 0.0426. The highest BCUT2D eigenvalue weighted by Crippen LogP contribution is 2.32. The van der Waals surface area contributed by atoms with Gasteiger partial charge in [-0.25, -0.2) is 18.1 Å². The molecule has 0 aliphatic carbocycles. The van der Waals surface area contributed by atoms with Gasteiger partial charge in [0.25, 0.3) is 10.0 Å². The minimum atomic E-state index is -3.93. The standard InChI is InChI=1S/C21H21N7O4S/c1-14(29)27-12-21(30,13-27)16-6-7-22-19(8-16)28-11-17(10-24-28)33(31,32)25-18-5-3-4-15-9-23-26(2)20(15)18/h3-11,25,30H,12-13H2,1-2H3. The maximum Gasteiger partial charge on any atom is 0.265 e. The predicted octanol–water partition coefficient (Wildman–Crippen LogP) is 1.00. The molecular formula is C21H21N7O4S. The van der Waals surface area contributed by atoms with E-state index in [0.717, 1.165) is 5.39 Å². The number of β-amino-alcohol motifs (C(OH)–C–C–N with tert-alkyl or cyclic N) is 1. The fraction of sp³-hybridized carbons (Fsp3) is 0.238. The van der Waals surface area contributed by atoms with Gasteiger partial charge in [-0.2, -0.15) is 10.2 Å². The summed E-state index contributed by atoms with van der Waals surface area (Å²) in [6.07, 6.45) is 5.76. The topological polar surface area (TPSA) is 135 Å². The smallest absolute Gasteiger partial charge is 0.265 e. The average molecular weight is 468 g/mol. The van der Waals surface area contributed by atoms with Crippen molar-refractivity contribution in [3.05, 3.63) is 60.7 Å². The Morgan fingerprint density at radius 1 is 1.18 bits per heavy atom. The Balaban J connectivity index is 1.41. The molecule has 1 saturated heterocycles. The highest BCUT2D eigenvalue weighted by atomic mass is 32.2. The molecule has 1 aliphatic rings. The molecule has 1 aliphatic heterocycles. The number of nitrogens with zero attached hydrogens (tertiary/aromatic N) is 6. The summed E-state index contributed by atoms with van der Waals surface area (Å²) in [5.74, 6) is 0.239. The Hall–Kier alpha value is -3.77. The molecule has 0 spiro atoms. The molecular weight excluding hydrogens is 446 g/mol. The third-order valence-corrected chi connectivity index (χ3v) is 7.06. The summed E-state index contributed by atoms with van der Waals surface area (Å²) in [6, 6.07) is 8.56. The van der Waals surface area contributed by atoms with Crippen LogP contribution < -0.4 is 4.72 Å². The zero-order chi connectivity index (χ0) is 23.4. The Morgan fingerprint density at radius 2 is 1.97 bits per heavy atom. The first-order chi connectivity index (χ1) is 15.7. The van der Waals surface area contributed by atoms with Crippen molar-refractivity contribution in [3.8, 4) is 5.82 Å². The van der Waals surface area contributed by atoms with Gasteiger partial charge in [-0.1, -0.05) is 12.1 Å². The van der Waals surface area contributed by atoms with E-state index in [4.69, 9.17) is 0 Å². The summed E-state index contributed by atoms with van der Waals surface area (Å²) in [4.78, 5) is 17.2. The summed E-state index contributed by atoms with van der Waals surface area (Å²) < 4.78 is 31.6. The van der Waals surface area contributed by atoms with Gasteiger partial charge in [-0.05, 0) is 23.8 Å². The van der Waals surface area contributed by atoms with Crippen molar-refractivity contribution >= 4 is 32.5 Å². The summed E-state index contributed by atoms with van der Waals surface area (Å²) in [6.45, 7) is 1.83. The largest absolute Gasteiger partial charge is 0.381 e. The van der Waals surface area contributed by atoms with Crippen LogP contribution in [0.2, 0.25) is 0 Å². The number of aromatic nitrogens is 5. The van der Waals surface area contributed by atoms with Crippen LogP contribution in [0.4, 0.5) is 5.69 Å². The Morgan fingerprint density at radius 3 is 2.73 bits per heavy atom. The second-order valence-corrected chi connectivity index (χ2v) is 9.73.